The fourth-order valence-corrected chi connectivity index (χ4v) is 5.15. The maximum absolute atomic E-state index is 14.8. The zero-order chi connectivity index (χ0) is 24.9. The van der Waals surface area contributed by atoms with Crippen molar-refractivity contribution in [3.8, 4) is 11.5 Å². The summed E-state index contributed by atoms with van der Waals surface area (Å²) in [7, 11) is 1.68. The number of carbonyl (C=O) groups is 1. The minimum absolute atomic E-state index is 0.0860. The van der Waals surface area contributed by atoms with E-state index in [1.807, 2.05) is 18.2 Å². The van der Waals surface area contributed by atoms with Gasteiger partial charge in [-0.15, -0.1) is 11.8 Å². The number of methoxy groups -OCH3 is 1. The van der Waals surface area contributed by atoms with Crippen molar-refractivity contribution in [3.05, 3.63) is 71.6 Å². The molecule has 2 amide bonds. The summed E-state index contributed by atoms with van der Waals surface area (Å²) in [5.41, 5.74) is 3.21. The molecular weight excluding hydrogens is 481 g/mol. The Bertz CT molecular complexity index is 1240. The molecule has 5 rings (SSSR count). The topological polar surface area (TPSA) is 97.4 Å². The third kappa shape index (κ3) is 6.13. The quantitative estimate of drug-likeness (QED) is 0.337. The summed E-state index contributed by atoms with van der Waals surface area (Å²) >= 11 is 1.63. The zero-order valence-electron chi connectivity index (χ0n) is 19.9. The maximum Gasteiger partial charge on any atom is 0.319 e. The molecular formula is C26H28FN5O3S. The Morgan fingerprint density at radius 2 is 2.08 bits per heavy atom. The van der Waals surface area contributed by atoms with E-state index < -0.39 is 5.82 Å². The molecule has 36 heavy (non-hydrogen) atoms. The second-order valence-corrected chi connectivity index (χ2v) is 9.95. The summed E-state index contributed by atoms with van der Waals surface area (Å²) in [5.74, 6) is 0.0819. The molecule has 1 aromatic carbocycles. The molecule has 2 aliphatic rings. The molecule has 3 aromatic rings. The molecule has 10 heteroatoms. The Kier molecular flexibility index (Phi) is 7.64. The molecule has 188 valence electrons. The van der Waals surface area contributed by atoms with E-state index in [0.717, 1.165) is 41.4 Å². The van der Waals surface area contributed by atoms with Gasteiger partial charge in [-0.05, 0) is 37.1 Å². The Balaban J connectivity index is 1.25. The molecule has 1 aliphatic heterocycles. The summed E-state index contributed by atoms with van der Waals surface area (Å²) in [5, 5.41) is 8.88. The molecule has 1 saturated carbocycles. The van der Waals surface area contributed by atoms with Crippen LogP contribution in [-0.4, -0.2) is 42.3 Å². The van der Waals surface area contributed by atoms with Crippen LogP contribution in [0, 0.1) is 5.82 Å². The molecule has 3 N–H and O–H groups in total. The Labute approximate surface area is 213 Å². The first-order valence-corrected chi connectivity index (χ1v) is 12.8. The lowest BCUT2D eigenvalue weighted by Crippen LogP contribution is -2.30. The van der Waals surface area contributed by atoms with Gasteiger partial charge in [0, 0.05) is 56.7 Å². The van der Waals surface area contributed by atoms with E-state index in [9.17, 15) is 9.18 Å². The monoisotopic (exact) mass is 509 g/mol. The molecule has 0 bridgehead atoms. The number of rotatable bonds is 10. The van der Waals surface area contributed by atoms with Crippen LogP contribution in [0.4, 0.5) is 14.9 Å². The normalized spacial score (nSPS) is 16.4. The van der Waals surface area contributed by atoms with Crippen molar-refractivity contribution in [2.75, 3.05) is 25.6 Å². The van der Waals surface area contributed by atoms with Gasteiger partial charge in [0.1, 0.15) is 5.75 Å². The summed E-state index contributed by atoms with van der Waals surface area (Å²) in [6, 6.07) is 12.1. The minimum atomic E-state index is -0.556. The lowest BCUT2D eigenvalue weighted by Gasteiger charge is -2.12. The lowest BCUT2D eigenvalue weighted by molar-refractivity contribution is 0.199. The number of nitrogens with zero attached hydrogens (tertiary/aromatic N) is 2. The number of ether oxygens (including phenoxy) is 2. The molecule has 0 saturated heterocycles. The predicted octanol–water partition coefficient (Wildman–Crippen LogP) is 4.82. The highest BCUT2D eigenvalue weighted by Crippen LogP contribution is 2.50. The van der Waals surface area contributed by atoms with Gasteiger partial charge in [0.15, 0.2) is 11.6 Å². The van der Waals surface area contributed by atoms with Gasteiger partial charge in [0.2, 0.25) is 0 Å². The number of urea groups is 1. The lowest BCUT2D eigenvalue weighted by atomic mass is 10.1. The number of nitrogens with one attached hydrogen (secondary N) is 3. The smallest absolute Gasteiger partial charge is 0.319 e. The number of pyridine rings is 2. The standard InChI is InChI=1S/C26H28FN5O3S/c1-34-12-11-28-15-18-3-2-4-20(30-18)24-14-21-25(36-24)23(9-10-29-21)35-22-8-7-17(13-19(22)27)32-26(33)31-16-5-6-16/h2-4,7-10,13,16,24,28H,5-6,11-12,14-15H2,1H3,(H2,31,32,33). The molecule has 1 atom stereocenters. The van der Waals surface area contributed by atoms with Crippen LogP contribution in [-0.2, 0) is 17.7 Å². The summed E-state index contributed by atoms with van der Waals surface area (Å²) in [6.07, 6.45) is 4.36. The average molecular weight is 510 g/mol. The number of fused-ring (bicyclic) bond motifs is 1. The predicted molar refractivity (Wildman–Crippen MR) is 136 cm³/mol. The number of halogens is 1. The van der Waals surface area contributed by atoms with Crippen molar-refractivity contribution in [3.63, 3.8) is 0 Å². The summed E-state index contributed by atoms with van der Waals surface area (Å²) in [4.78, 5) is 22.2. The fraction of sp³-hybridized carbons (Fsp3) is 0.346. The first-order valence-electron chi connectivity index (χ1n) is 11.9. The molecule has 3 heterocycles. The van der Waals surface area contributed by atoms with E-state index in [0.29, 0.717) is 31.0 Å². The van der Waals surface area contributed by atoms with Gasteiger partial charge >= 0.3 is 6.03 Å². The molecule has 2 aromatic heterocycles. The molecule has 0 radical (unpaired) electrons. The summed E-state index contributed by atoms with van der Waals surface area (Å²) in [6.45, 7) is 2.08. The van der Waals surface area contributed by atoms with E-state index >= 15 is 0 Å². The van der Waals surface area contributed by atoms with Crippen LogP contribution in [0.25, 0.3) is 0 Å². The molecule has 1 fully saturated rings. The second kappa shape index (κ2) is 11.2. The molecule has 0 spiro atoms. The van der Waals surface area contributed by atoms with E-state index in [1.54, 1.807) is 37.2 Å². The second-order valence-electron chi connectivity index (χ2n) is 8.74. The van der Waals surface area contributed by atoms with Crippen LogP contribution < -0.4 is 20.7 Å². The third-order valence-electron chi connectivity index (χ3n) is 5.85. The number of benzene rings is 1. The average Bonchev–Trinajstić information content (AvgIpc) is 3.57. The highest BCUT2D eigenvalue weighted by molar-refractivity contribution is 8.00. The van der Waals surface area contributed by atoms with Crippen molar-refractivity contribution < 1.29 is 18.7 Å². The number of aromatic nitrogens is 2. The maximum atomic E-state index is 14.8. The number of anilines is 1. The largest absolute Gasteiger partial charge is 0.453 e. The van der Waals surface area contributed by atoms with E-state index in [4.69, 9.17) is 14.5 Å². The van der Waals surface area contributed by atoms with Crippen molar-refractivity contribution in [2.45, 2.75) is 42.0 Å². The minimum Gasteiger partial charge on any atom is -0.453 e. The first kappa shape index (κ1) is 24.5. The van der Waals surface area contributed by atoms with Crippen molar-refractivity contribution >= 4 is 23.5 Å². The van der Waals surface area contributed by atoms with Crippen LogP contribution in [0.5, 0.6) is 11.5 Å². The molecule has 8 nitrogen and oxygen atoms in total. The Morgan fingerprint density at radius 3 is 2.89 bits per heavy atom. The van der Waals surface area contributed by atoms with E-state index in [-0.39, 0.29) is 23.1 Å². The van der Waals surface area contributed by atoms with Crippen molar-refractivity contribution in [2.24, 2.45) is 0 Å². The van der Waals surface area contributed by atoms with Crippen LogP contribution in [0.1, 0.15) is 35.2 Å². The highest BCUT2D eigenvalue weighted by Gasteiger charge is 2.29. The van der Waals surface area contributed by atoms with Gasteiger partial charge in [-0.1, -0.05) is 6.07 Å². The van der Waals surface area contributed by atoms with Crippen LogP contribution >= 0.6 is 11.8 Å². The van der Waals surface area contributed by atoms with Gasteiger partial charge < -0.3 is 25.4 Å². The Hall–Kier alpha value is -3.21. The van der Waals surface area contributed by atoms with Gasteiger partial charge in [-0.3, -0.25) is 9.97 Å². The van der Waals surface area contributed by atoms with E-state index in [2.05, 4.69) is 20.9 Å². The fourth-order valence-electron chi connectivity index (χ4n) is 3.87. The molecule has 1 unspecified atom stereocenters. The first-order chi connectivity index (χ1) is 17.6. The number of hydrogen-bond acceptors (Lipinski definition) is 7. The number of thioether (sulfide) groups is 1. The van der Waals surface area contributed by atoms with E-state index in [1.165, 1.54) is 12.1 Å². The molecule has 1 aliphatic carbocycles. The van der Waals surface area contributed by atoms with Gasteiger partial charge in [0.05, 0.1) is 33.8 Å². The van der Waals surface area contributed by atoms with Crippen molar-refractivity contribution in [1.82, 2.24) is 20.6 Å². The number of hydrogen-bond donors (Lipinski definition) is 3. The zero-order valence-corrected chi connectivity index (χ0v) is 20.7. The van der Waals surface area contributed by atoms with Crippen LogP contribution in [0.3, 0.4) is 0 Å². The number of amides is 2. The van der Waals surface area contributed by atoms with Crippen LogP contribution in [0.2, 0.25) is 0 Å². The highest BCUT2D eigenvalue weighted by atomic mass is 32.2. The van der Waals surface area contributed by atoms with Crippen LogP contribution in [0.15, 0.2) is 53.6 Å². The van der Waals surface area contributed by atoms with Crippen molar-refractivity contribution in [1.29, 1.82) is 0 Å². The SMILES string of the molecule is COCCNCc1cccc(C2Cc3nccc(Oc4ccc(NC(=O)NC5CC5)cc4F)c3S2)n1. The van der Waals surface area contributed by atoms with Gasteiger partial charge in [-0.25, -0.2) is 9.18 Å². The van der Waals surface area contributed by atoms with Gasteiger partial charge in [-0.2, -0.15) is 0 Å². The summed E-state index contributed by atoms with van der Waals surface area (Å²) < 4.78 is 25.8. The third-order valence-corrected chi connectivity index (χ3v) is 7.22. The Morgan fingerprint density at radius 1 is 1.19 bits per heavy atom. The van der Waals surface area contributed by atoms with Gasteiger partial charge in [0.25, 0.3) is 0 Å². The number of carbonyl (C=O) groups excluding carboxylic acids is 1.